The van der Waals surface area contributed by atoms with Crippen LogP contribution in [-0.4, -0.2) is 20.2 Å². The first-order valence-electron chi connectivity index (χ1n) is 4.05. The topological polar surface area (TPSA) is 115 Å². The van der Waals surface area contributed by atoms with Crippen molar-refractivity contribution in [3.05, 3.63) is 29.8 Å². The minimum absolute atomic E-state index is 0.00565. The zero-order valence-electron chi connectivity index (χ0n) is 7.80. The molecule has 0 aliphatic heterocycles. The van der Waals surface area contributed by atoms with E-state index in [4.69, 9.17) is 11.6 Å². The first-order valence-corrected chi connectivity index (χ1v) is 5.70. The Morgan fingerprint density at radius 2 is 2.07 bits per heavy atom. The van der Waals surface area contributed by atoms with Gasteiger partial charge in [0, 0.05) is 5.56 Å². The van der Waals surface area contributed by atoms with Gasteiger partial charge in [-0.15, -0.1) is 0 Å². The molecular formula is C8H11N3O3S. The molecule has 5 N–H and O–H groups in total. The van der Waals surface area contributed by atoms with E-state index < -0.39 is 21.6 Å². The summed E-state index contributed by atoms with van der Waals surface area (Å²) in [6.07, 6.45) is 0. The first-order chi connectivity index (χ1) is 7.01. The van der Waals surface area contributed by atoms with Crippen molar-refractivity contribution >= 4 is 15.7 Å². The van der Waals surface area contributed by atoms with Crippen LogP contribution in [0.15, 0.2) is 29.2 Å². The molecule has 0 heterocycles. The van der Waals surface area contributed by atoms with Gasteiger partial charge in [-0.1, -0.05) is 6.07 Å². The normalized spacial score (nSPS) is 11.1. The van der Waals surface area contributed by atoms with Crippen LogP contribution >= 0.6 is 0 Å². The third-order valence-corrected chi connectivity index (χ3v) is 3.22. The van der Waals surface area contributed by atoms with Crippen molar-refractivity contribution in [1.29, 1.82) is 0 Å². The SMILES string of the molecule is NCS(=O)(=O)c1cccc(C(=O)NN)c1. The molecule has 0 saturated heterocycles. The van der Waals surface area contributed by atoms with Gasteiger partial charge in [-0.2, -0.15) is 0 Å². The number of hydrazine groups is 1. The van der Waals surface area contributed by atoms with Gasteiger partial charge in [0.1, 0.15) is 5.88 Å². The smallest absolute Gasteiger partial charge is 0.265 e. The van der Waals surface area contributed by atoms with Crippen molar-refractivity contribution in [3.8, 4) is 0 Å². The Hall–Kier alpha value is -1.44. The fourth-order valence-electron chi connectivity index (χ4n) is 1.01. The van der Waals surface area contributed by atoms with Crippen LogP contribution in [0.5, 0.6) is 0 Å². The Kier molecular flexibility index (Phi) is 3.40. The van der Waals surface area contributed by atoms with Crippen LogP contribution in [0.1, 0.15) is 10.4 Å². The van der Waals surface area contributed by atoms with Crippen molar-refractivity contribution in [2.75, 3.05) is 5.88 Å². The summed E-state index contributed by atoms with van der Waals surface area (Å²) in [7, 11) is -3.51. The molecule has 0 radical (unpaired) electrons. The zero-order chi connectivity index (χ0) is 11.5. The number of carbonyl (C=O) groups is 1. The summed E-state index contributed by atoms with van der Waals surface area (Å²) in [5, 5.41) is 0. The van der Waals surface area contributed by atoms with E-state index in [1.54, 1.807) is 0 Å². The zero-order valence-corrected chi connectivity index (χ0v) is 8.62. The summed E-state index contributed by atoms with van der Waals surface area (Å²) in [4.78, 5) is 11.1. The maximum Gasteiger partial charge on any atom is 0.265 e. The number of benzene rings is 1. The van der Waals surface area contributed by atoms with Crippen molar-refractivity contribution in [2.24, 2.45) is 11.6 Å². The number of amides is 1. The molecule has 0 fully saturated rings. The highest BCUT2D eigenvalue weighted by atomic mass is 32.2. The Balaban J connectivity index is 3.20. The molecule has 82 valence electrons. The van der Waals surface area contributed by atoms with Crippen molar-refractivity contribution in [3.63, 3.8) is 0 Å². The summed E-state index contributed by atoms with van der Waals surface area (Å²) in [5.41, 5.74) is 7.17. The van der Waals surface area contributed by atoms with Gasteiger partial charge in [0.25, 0.3) is 5.91 Å². The molecule has 0 aliphatic carbocycles. The van der Waals surface area contributed by atoms with Crippen LogP contribution in [0, 0.1) is 0 Å². The molecule has 1 rings (SSSR count). The largest absolute Gasteiger partial charge is 0.317 e. The number of carbonyl (C=O) groups excluding carboxylic acids is 1. The molecule has 1 aromatic rings. The van der Waals surface area contributed by atoms with Crippen LogP contribution in [0.4, 0.5) is 0 Å². The molecule has 1 amide bonds. The maximum atomic E-state index is 11.4. The number of hydrogen-bond donors (Lipinski definition) is 3. The highest BCUT2D eigenvalue weighted by molar-refractivity contribution is 7.91. The number of hydrogen-bond acceptors (Lipinski definition) is 5. The molecule has 0 spiro atoms. The summed E-state index contributed by atoms with van der Waals surface area (Å²) in [6, 6.07) is 5.50. The fourth-order valence-corrected chi connectivity index (χ4v) is 1.80. The van der Waals surface area contributed by atoms with Gasteiger partial charge >= 0.3 is 0 Å². The van der Waals surface area contributed by atoms with E-state index in [9.17, 15) is 13.2 Å². The van der Waals surface area contributed by atoms with Crippen LogP contribution in [-0.2, 0) is 9.84 Å². The summed E-state index contributed by atoms with van der Waals surface area (Å²) < 4.78 is 22.8. The van der Waals surface area contributed by atoms with Crippen LogP contribution < -0.4 is 17.0 Å². The number of rotatable bonds is 3. The van der Waals surface area contributed by atoms with Gasteiger partial charge < -0.3 is 5.73 Å². The van der Waals surface area contributed by atoms with Gasteiger partial charge in [-0.05, 0) is 18.2 Å². The minimum Gasteiger partial charge on any atom is -0.317 e. The molecule has 0 atom stereocenters. The van der Waals surface area contributed by atoms with E-state index in [-0.39, 0.29) is 10.5 Å². The van der Waals surface area contributed by atoms with E-state index in [2.05, 4.69) is 0 Å². The highest BCUT2D eigenvalue weighted by Gasteiger charge is 2.13. The minimum atomic E-state index is -3.51. The summed E-state index contributed by atoms with van der Waals surface area (Å²) in [5.74, 6) is 3.87. The fraction of sp³-hybridized carbons (Fsp3) is 0.125. The summed E-state index contributed by atoms with van der Waals surface area (Å²) in [6.45, 7) is 0. The quantitative estimate of drug-likeness (QED) is 0.348. The van der Waals surface area contributed by atoms with Gasteiger partial charge in [0.15, 0.2) is 9.84 Å². The van der Waals surface area contributed by atoms with Crippen LogP contribution in [0.3, 0.4) is 0 Å². The maximum absolute atomic E-state index is 11.4. The van der Waals surface area contributed by atoms with Crippen molar-refractivity contribution in [2.45, 2.75) is 4.90 Å². The number of sulfone groups is 1. The second-order valence-electron chi connectivity index (χ2n) is 2.78. The van der Waals surface area contributed by atoms with Gasteiger partial charge in [0.05, 0.1) is 4.90 Å². The van der Waals surface area contributed by atoms with E-state index in [1.807, 2.05) is 5.43 Å². The van der Waals surface area contributed by atoms with E-state index >= 15 is 0 Å². The molecule has 0 saturated carbocycles. The van der Waals surface area contributed by atoms with Gasteiger partial charge in [0.2, 0.25) is 0 Å². The monoisotopic (exact) mass is 229 g/mol. The average molecular weight is 229 g/mol. The lowest BCUT2D eigenvalue weighted by Crippen LogP contribution is -2.30. The molecule has 0 bridgehead atoms. The van der Waals surface area contributed by atoms with E-state index in [0.29, 0.717) is 0 Å². The highest BCUT2D eigenvalue weighted by Crippen LogP contribution is 2.11. The van der Waals surface area contributed by atoms with Crippen LogP contribution in [0.25, 0.3) is 0 Å². The Labute approximate surface area is 87.1 Å². The summed E-state index contributed by atoms with van der Waals surface area (Å²) >= 11 is 0. The van der Waals surface area contributed by atoms with Gasteiger partial charge in [-0.3, -0.25) is 10.2 Å². The molecule has 6 nitrogen and oxygen atoms in total. The second-order valence-corrected chi connectivity index (χ2v) is 4.82. The lowest BCUT2D eigenvalue weighted by atomic mass is 10.2. The van der Waals surface area contributed by atoms with Gasteiger partial charge in [-0.25, -0.2) is 14.3 Å². The second kappa shape index (κ2) is 4.39. The first kappa shape index (κ1) is 11.6. The average Bonchev–Trinajstić information content (AvgIpc) is 2.28. The van der Waals surface area contributed by atoms with E-state index in [1.165, 1.54) is 24.3 Å². The molecular weight excluding hydrogens is 218 g/mol. The number of nitrogens with one attached hydrogen (secondary N) is 1. The molecule has 15 heavy (non-hydrogen) atoms. The Bertz CT molecular complexity index is 470. The third-order valence-electron chi connectivity index (χ3n) is 1.81. The molecule has 0 aliphatic rings. The van der Waals surface area contributed by atoms with Crippen molar-refractivity contribution < 1.29 is 13.2 Å². The van der Waals surface area contributed by atoms with Crippen LogP contribution in [0.2, 0.25) is 0 Å². The predicted molar refractivity (Wildman–Crippen MR) is 54.3 cm³/mol. The number of nitrogens with two attached hydrogens (primary N) is 2. The molecule has 1 aromatic carbocycles. The van der Waals surface area contributed by atoms with Crippen molar-refractivity contribution in [1.82, 2.24) is 5.43 Å². The Morgan fingerprint density at radius 1 is 1.40 bits per heavy atom. The Morgan fingerprint density at radius 3 is 2.60 bits per heavy atom. The lowest BCUT2D eigenvalue weighted by Gasteiger charge is -2.03. The lowest BCUT2D eigenvalue weighted by molar-refractivity contribution is 0.0953. The molecule has 7 heteroatoms. The predicted octanol–water partition coefficient (Wildman–Crippen LogP) is -1.02. The standard InChI is InChI=1S/C8H11N3O3S/c9-5-15(13,14)7-3-1-2-6(4-7)8(12)11-10/h1-4H,5,9-10H2,(H,11,12). The number of nitrogen functional groups attached to an aromatic ring is 1. The molecule has 0 unspecified atom stereocenters. The third kappa shape index (κ3) is 2.52. The van der Waals surface area contributed by atoms with E-state index in [0.717, 1.165) is 0 Å². The molecule has 0 aromatic heterocycles.